The first kappa shape index (κ1) is 37.4. The number of hydrogen-bond acceptors (Lipinski definition) is 6. The van der Waals surface area contributed by atoms with Crippen LogP contribution >= 0.6 is 0 Å². The summed E-state index contributed by atoms with van der Waals surface area (Å²) in [5.41, 5.74) is -0.867. The molecule has 268 valence electrons. The number of nitrogens with one attached hydrogen (secondary N) is 4. The largest absolute Gasteiger partial charge is 0.346 e. The molecule has 2 saturated heterocycles. The number of ketones is 1. The molecule has 0 radical (unpaired) electrons. The zero-order valence-electron chi connectivity index (χ0n) is 29.7. The van der Waals surface area contributed by atoms with Gasteiger partial charge in [0.1, 0.15) is 12.1 Å². The molecule has 2 heterocycles. The van der Waals surface area contributed by atoms with Crippen molar-refractivity contribution < 1.29 is 28.8 Å². The maximum atomic E-state index is 14.7. The minimum Gasteiger partial charge on any atom is -0.346 e. The van der Waals surface area contributed by atoms with Crippen LogP contribution in [0.2, 0.25) is 0 Å². The smallest absolute Gasteiger partial charge is 0.315 e. The van der Waals surface area contributed by atoms with E-state index in [4.69, 9.17) is 0 Å². The lowest BCUT2D eigenvalue weighted by molar-refractivity contribution is -0.145. The van der Waals surface area contributed by atoms with Gasteiger partial charge in [0.05, 0.1) is 12.1 Å². The molecular weight excluding hydrogens is 612 g/mol. The van der Waals surface area contributed by atoms with Crippen LogP contribution < -0.4 is 21.3 Å². The highest BCUT2D eigenvalue weighted by molar-refractivity contribution is 6.38. The Hall–Kier alpha value is -3.44. The number of rotatable bonds is 12. The molecule has 2 saturated carbocycles. The zero-order valence-corrected chi connectivity index (χ0v) is 29.7. The third-order valence-electron chi connectivity index (χ3n) is 11.2. The molecular formula is C36H58N6O6. The van der Waals surface area contributed by atoms with E-state index in [0.29, 0.717) is 26.1 Å². The van der Waals surface area contributed by atoms with Gasteiger partial charge in [-0.15, -0.1) is 6.58 Å². The Morgan fingerprint density at radius 2 is 1.69 bits per heavy atom. The molecule has 0 aromatic carbocycles. The fourth-order valence-corrected chi connectivity index (χ4v) is 8.17. The number of nitrogens with zero attached hydrogens (tertiary/aromatic N) is 2. The Kier molecular flexibility index (Phi) is 12.3. The number of carbonyl (C=O) groups is 6. The van der Waals surface area contributed by atoms with Crippen LogP contribution in [0.1, 0.15) is 105 Å². The summed E-state index contributed by atoms with van der Waals surface area (Å²) in [5, 5.41) is 11.4. The third kappa shape index (κ3) is 8.77. The molecule has 12 nitrogen and oxygen atoms in total. The first-order chi connectivity index (χ1) is 22.7. The first-order valence-corrected chi connectivity index (χ1v) is 18.0. The van der Waals surface area contributed by atoms with E-state index in [0.717, 1.165) is 64.2 Å². The van der Waals surface area contributed by atoms with Gasteiger partial charge in [-0.25, -0.2) is 4.79 Å². The fourth-order valence-electron chi connectivity index (χ4n) is 8.17. The van der Waals surface area contributed by atoms with Crippen LogP contribution in [0, 0.1) is 22.7 Å². The van der Waals surface area contributed by atoms with Crippen molar-refractivity contribution in [2.45, 2.75) is 129 Å². The number of fused-ring (bicyclic) bond motifs is 1. The van der Waals surface area contributed by atoms with E-state index in [1.807, 2.05) is 25.7 Å². The number of Topliss-reactive ketones (excluding diaryl/α,β-unsaturated/α-hetero) is 1. The number of urea groups is 1. The molecule has 0 aromatic rings. The number of hydrogen-bond donors (Lipinski definition) is 4. The minimum atomic E-state index is -1.07. The van der Waals surface area contributed by atoms with Crippen LogP contribution in [0.5, 0.6) is 0 Å². The lowest BCUT2D eigenvalue weighted by Crippen LogP contribution is -2.63. The number of likely N-dealkylation sites (tertiary alicyclic amines) is 2. The van der Waals surface area contributed by atoms with Gasteiger partial charge in [0.2, 0.25) is 23.5 Å². The van der Waals surface area contributed by atoms with Gasteiger partial charge >= 0.3 is 6.03 Å². The number of carbonyl (C=O) groups excluding carboxylic acids is 6. The predicted octanol–water partition coefficient (Wildman–Crippen LogP) is 3.05. The van der Waals surface area contributed by atoms with Crippen molar-refractivity contribution in [1.82, 2.24) is 31.1 Å². The molecule has 4 fully saturated rings. The van der Waals surface area contributed by atoms with Crippen LogP contribution in [0.15, 0.2) is 12.7 Å². The van der Waals surface area contributed by atoms with E-state index in [-0.39, 0.29) is 41.7 Å². The topological polar surface area (TPSA) is 157 Å². The standard InChI is InChI=1S/C36H58N6O6/c1-7-19-37-32(46)29(44)23(2)38-31(45)28-25-15-13-14-24(25)21-42(28)33(47)30(36(6)17-10-8-11-18-36)40-34(48)39-26(35(3,4)5)22-41-20-12-9-16-27(41)43/h7,23-26,28,30H,1,8-22H2,2-6H3,(H,37,46)(H,38,45)(H2,39,40,48)/t23?,24-,25-,26+,28-,30+/m0/s1. The lowest BCUT2D eigenvalue weighted by atomic mass is 9.70. The Balaban J connectivity index is 1.55. The predicted molar refractivity (Wildman–Crippen MR) is 182 cm³/mol. The van der Waals surface area contributed by atoms with Gasteiger partial charge < -0.3 is 31.1 Å². The summed E-state index contributed by atoms with van der Waals surface area (Å²) in [5.74, 6) is -2.14. The van der Waals surface area contributed by atoms with E-state index in [9.17, 15) is 28.8 Å². The summed E-state index contributed by atoms with van der Waals surface area (Å²) in [6, 6.07) is -3.55. The van der Waals surface area contributed by atoms with Crippen molar-refractivity contribution in [2.24, 2.45) is 22.7 Å². The Labute approximate surface area is 285 Å². The van der Waals surface area contributed by atoms with Gasteiger partial charge in [-0.05, 0) is 68.1 Å². The SMILES string of the molecule is C=CCNC(=O)C(=O)C(C)NC(=O)[C@@H]1[C@H]2CCC[C@H]2CN1C(=O)[C@@H](NC(=O)N[C@H](CN1CCCCC1=O)C(C)(C)C)C1(C)CCCCC1. The van der Waals surface area contributed by atoms with E-state index in [1.165, 1.54) is 13.0 Å². The molecule has 0 bridgehead atoms. The highest BCUT2D eigenvalue weighted by Crippen LogP contribution is 2.45. The summed E-state index contributed by atoms with van der Waals surface area (Å²) in [4.78, 5) is 83.5. The van der Waals surface area contributed by atoms with Gasteiger partial charge in [0.25, 0.3) is 5.91 Å². The molecule has 2 aliphatic carbocycles. The van der Waals surface area contributed by atoms with Crippen molar-refractivity contribution in [3.63, 3.8) is 0 Å². The second-order valence-electron chi connectivity index (χ2n) is 15.9. The summed E-state index contributed by atoms with van der Waals surface area (Å²) in [6.45, 7) is 14.7. The van der Waals surface area contributed by atoms with E-state index < -0.39 is 47.2 Å². The summed E-state index contributed by atoms with van der Waals surface area (Å²) < 4.78 is 0. The van der Waals surface area contributed by atoms with Crippen molar-refractivity contribution in [2.75, 3.05) is 26.2 Å². The van der Waals surface area contributed by atoms with E-state index >= 15 is 0 Å². The highest BCUT2D eigenvalue weighted by Gasteiger charge is 2.53. The molecule has 4 N–H and O–H groups in total. The third-order valence-corrected chi connectivity index (χ3v) is 11.2. The van der Waals surface area contributed by atoms with Gasteiger partial charge in [-0.3, -0.25) is 24.0 Å². The molecule has 1 unspecified atom stereocenters. The Morgan fingerprint density at radius 1 is 0.979 bits per heavy atom. The maximum absolute atomic E-state index is 14.7. The summed E-state index contributed by atoms with van der Waals surface area (Å²) >= 11 is 0. The molecule has 2 aliphatic heterocycles. The van der Waals surface area contributed by atoms with Crippen LogP contribution in [0.25, 0.3) is 0 Å². The van der Waals surface area contributed by atoms with Gasteiger partial charge in [-0.2, -0.15) is 0 Å². The number of piperidine rings is 1. The first-order valence-electron chi connectivity index (χ1n) is 18.0. The van der Waals surface area contributed by atoms with Crippen LogP contribution in [0.3, 0.4) is 0 Å². The van der Waals surface area contributed by atoms with E-state index in [2.05, 4.69) is 34.8 Å². The maximum Gasteiger partial charge on any atom is 0.315 e. The molecule has 4 rings (SSSR count). The zero-order chi connectivity index (χ0) is 35.2. The second kappa shape index (κ2) is 15.8. The number of amides is 6. The van der Waals surface area contributed by atoms with Crippen LogP contribution in [-0.4, -0.2) is 95.6 Å². The highest BCUT2D eigenvalue weighted by atomic mass is 16.2. The Bertz CT molecular complexity index is 1240. The summed E-state index contributed by atoms with van der Waals surface area (Å²) in [6.07, 6.45) is 10.9. The van der Waals surface area contributed by atoms with Gasteiger partial charge in [0.15, 0.2) is 0 Å². The fraction of sp³-hybridized carbons (Fsp3) is 0.778. The summed E-state index contributed by atoms with van der Waals surface area (Å²) in [7, 11) is 0. The molecule has 4 aliphatic rings. The van der Waals surface area contributed by atoms with Crippen molar-refractivity contribution >= 4 is 35.4 Å². The van der Waals surface area contributed by atoms with Crippen molar-refractivity contribution in [3.05, 3.63) is 12.7 Å². The second-order valence-corrected chi connectivity index (χ2v) is 15.9. The molecule has 48 heavy (non-hydrogen) atoms. The molecule has 6 amide bonds. The van der Waals surface area contributed by atoms with Crippen LogP contribution in [-0.2, 0) is 24.0 Å². The molecule has 0 spiro atoms. The average molecular weight is 671 g/mol. The molecule has 6 atom stereocenters. The minimum absolute atomic E-state index is 0.0631. The average Bonchev–Trinajstić information content (AvgIpc) is 3.64. The van der Waals surface area contributed by atoms with E-state index in [1.54, 1.807) is 4.90 Å². The normalized spacial score (nSPS) is 25.7. The lowest BCUT2D eigenvalue weighted by Gasteiger charge is -2.43. The van der Waals surface area contributed by atoms with Crippen molar-refractivity contribution in [3.8, 4) is 0 Å². The van der Waals surface area contributed by atoms with Crippen molar-refractivity contribution in [1.29, 1.82) is 0 Å². The Morgan fingerprint density at radius 3 is 2.33 bits per heavy atom. The molecule has 12 heteroatoms. The monoisotopic (exact) mass is 670 g/mol. The molecule has 0 aromatic heterocycles. The van der Waals surface area contributed by atoms with Gasteiger partial charge in [0, 0.05) is 32.6 Å². The van der Waals surface area contributed by atoms with Crippen LogP contribution in [0.4, 0.5) is 4.79 Å². The quantitative estimate of drug-likeness (QED) is 0.185. The van der Waals surface area contributed by atoms with Gasteiger partial charge in [-0.1, -0.05) is 59.5 Å².